The molecule has 5 nitrogen and oxygen atoms in total. The summed E-state index contributed by atoms with van der Waals surface area (Å²) >= 11 is 12.3. The lowest BCUT2D eigenvalue weighted by Gasteiger charge is -2.23. The molecule has 7 heteroatoms. The molecule has 1 aliphatic heterocycles. The molecule has 1 aliphatic rings. The van der Waals surface area contributed by atoms with E-state index in [9.17, 15) is 9.59 Å². The van der Waals surface area contributed by atoms with Gasteiger partial charge in [-0.3, -0.25) is 4.79 Å². The summed E-state index contributed by atoms with van der Waals surface area (Å²) in [5.41, 5.74) is 0.825. The molecular weight excluding hydrogens is 325 g/mol. The Balaban J connectivity index is 1.92. The standard InChI is InChI=1S/C15H19Cl2N3O2/c1-10(9-11-12(16)3-2-4-13(11)17)19-15(22)20-7-5-14(21)18-6-8-20/h2-4,10H,5-9H2,1H3,(H,18,21)(H,19,22). The van der Waals surface area contributed by atoms with E-state index in [-0.39, 0.29) is 18.0 Å². The predicted molar refractivity (Wildman–Crippen MR) is 87.4 cm³/mol. The number of urea groups is 1. The molecule has 120 valence electrons. The molecule has 0 saturated carbocycles. The Bertz CT molecular complexity index is 545. The van der Waals surface area contributed by atoms with Crippen LogP contribution in [0.1, 0.15) is 18.9 Å². The van der Waals surface area contributed by atoms with Crippen LogP contribution < -0.4 is 10.6 Å². The smallest absolute Gasteiger partial charge is 0.317 e. The molecule has 22 heavy (non-hydrogen) atoms. The van der Waals surface area contributed by atoms with Gasteiger partial charge in [0.2, 0.25) is 5.91 Å². The van der Waals surface area contributed by atoms with Crippen molar-refractivity contribution >= 4 is 35.1 Å². The number of nitrogens with zero attached hydrogens (tertiary/aromatic N) is 1. The van der Waals surface area contributed by atoms with Crippen molar-refractivity contribution in [1.29, 1.82) is 0 Å². The highest BCUT2D eigenvalue weighted by Gasteiger charge is 2.20. The second-order valence-corrected chi connectivity index (χ2v) is 6.16. The van der Waals surface area contributed by atoms with E-state index in [1.165, 1.54) is 0 Å². The van der Waals surface area contributed by atoms with Gasteiger partial charge < -0.3 is 15.5 Å². The van der Waals surface area contributed by atoms with Crippen LogP contribution >= 0.6 is 23.2 Å². The van der Waals surface area contributed by atoms with Crippen LogP contribution in [-0.4, -0.2) is 42.5 Å². The number of nitrogens with one attached hydrogen (secondary N) is 2. The largest absolute Gasteiger partial charge is 0.354 e. The molecule has 1 fully saturated rings. The molecule has 1 atom stereocenters. The van der Waals surface area contributed by atoms with Crippen molar-refractivity contribution in [3.8, 4) is 0 Å². The van der Waals surface area contributed by atoms with Crippen molar-refractivity contribution in [2.75, 3.05) is 19.6 Å². The van der Waals surface area contributed by atoms with E-state index in [2.05, 4.69) is 10.6 Å². The summed E-state index contributed by atoms with van der Waals surface area (Å²) in [6.45, 7) is 3.32. The second kappa shape index (κ2) is 7.70. The van der Waals surface area contributed by atoms with E-state index in [1.807, 2.05) is 6.92 Å². The molecule has 1 unspecified atom stereocenters. The van der Waals surface area contributed by atoms with E-state index < -0.39 is 0 Å². The molecule has 0 spiro atoms. The summed E-state index contributed by atoms with van der Waals surface area (Å²) in [5, 5.41) is 6.86. The first-order valence-electron chi connectivity index (χ1n) is 7.22. The van der Waals surface area contributed by atoms with Gasteiger partial charge in [-0.1, -0.05) is 29.3 Å². The fraction of sp³-hybridized carbons (Fsp3) is 0.467. The van der Waals surface area contributed by atoms with Crippen molar-refractivity contribution in [3.63, 3.8) is 0 Å². The quantitative estimate of drug-likeness (QED) is 0.885. The average molecular weight is 344 g/mol. The lowest BCUT2D eigenvalue weighted by molar-refractivity contribution is -0.120. The van der Waals surface area contributed by atoms with Gasteiger partial charge in [0.1, 0.15) is 0 Å². The highest BCUT2D eigenvalue weighted by Crippen LogP contribution is 2.25. The summed E-state index contributed by atoms with van der Waals surface area (Å²) < 4.78 is 0. The Morgan fingerprint density at radius 1 is 1.36 bits per heavy atom. The van der Waals surface area contributed by atoms with Crippen LogP contribution in [-0.2, 0) is 11.2 Å². The number of halogens is 2. The van der Waals surface area contributed by atoms with Crippen LogP contribution in [0.2, 0.25) is 10.0 Å². The third-order valence-corrected chi connectivity index (χ3v) is 4.25. The number of rotatable bonds is 3. The summed E-state index contributed by atoms with van der Waals surface area (Å²) in [6, 6.07) is 5.06. The van der Waals surface area contributed by atoms with Crippen LogP contribution in [0.3, 0.4) is 0 Å². The average Bonchev–Trinajstić information content (AvgIpc) is 2.68. The van der Waals surface area contributed by atoms with Gasteiger partial charge in [0, 0.05) is 42.1 Å². The fourth-order valence-electron chi connectivity index (χ4n) is 2.36. The van der Waals surface area contributed by atoms with Gasteiger partial charge in [-0.25, -0.2) is 4.79 Å². The zero-order valence-electron chi connectivity index (χ0n) is 12.4. The number of carbonyl (C=O) groups excluding carboxylic acids is 2. The highest BCUT2D eigenvalue weighted by atomic mass is 35.5. The predicted octanol–water partition coefficient (Wildman–Crippen LogP) is 2.46. The third kappa shape index (κ3) is 4.52. The molecule has 2 rings (SSSR count). The van der Waals surface area contributed by atoms with Crippen LogP contribution in [0.4, 0.5) is 4.79 Å². The van der Waals surface area contributed by atoms with Gasteiger partial charge in [-0.15, -0.1) is 0 Å². The maximum Gasteiger partial charge on any atom is 0.317 e. The van der Waals surface area contributed by atoms with Crippen LogP contribution in [0.5, 0.6) is 0 Å². The number of benzene rings is 1. The molecule has 2 N–H and O–H groups in total. The van der Waals surface area contributed by atoms with Crippen molar-refractivity contribution in [2.24, 2.45) is 0 Å². The molecule has 1 saturated heterocycles. The Labute approximate surface area is 139 Å². The SMILES string of the molecule is CC(Cc1c(Cl)cccc1Cl)NC(=O)N1CCNC(=O)CC1. The van der Waals surface area contributed by atoms with Gasteiger partial charge in [0.15, 0.2) is 0 Å². The summed E-state index contributed by atoms with van der Waals surface area (Å²) in [6.07, 6.45) is 0.882. The fourth-order valence-corrected chi connectivity index (χ4v) is 2.91. The molecule has 3 amide bonds. The number of amides is 3. The summed E-state index contributed by atoms with van der Waals surface area (Å²) in [4.78, 5) is 25.2. The van der Waals surface area contributed by atoms with Gasteiger partial charge >= 0.3 is 6.03 Å². The van der Waals surface area contributed by atoms with Gasteiger partial charge in [0.25, 0.3) is 0 Å². The Morgan fingerprint density at radius 2 is 2.05 bits per heavy atom. The number of hydrogen-bond acceptors (Lipinski definition) is 2. The normalized spacial score (nSPS) is 16.7. The summed E-state index contributed by atoms with van der Waals surface area (Å²) in [5.74, 6) is -0.0220. The minimum Gasteiger partial charge on any atom is -0.354 e. The van der Waals surface area contributed by atoms with Crippen molar-refractivity contribution in [3.05, 3.63) is 33.8 Å². The first kappa shape index (κ1) is 16.9. The number of carbonyl (C=O) groups is 2. The maximum absolute atomic E-state index is 12.2. The van der Waals surface area contributed by atoms with Gasteiger partial charge in [-0.2, -0.15) is 0 Å². The van der Waals surface area contributed by atoms with E-state index in [0.717, 1.165) is 5.56 Å². The van der Waals surface area contributed by atoms with E-state index in [4.69, 9.17) is 23.2 Å². The van der Waals surface area contributed by atoms with Crippen LogP contribution in [0.15, 0.2) is 18.2 Å². The van der Waals surface area contributed by atoms with Gasteiger partial charge in [-0.05, 0) is 31.0 Å². The molecule has 1 heterocycles. The third-order valence-electron chi connectivity index (χ3n) is 3.54. The Hall–Kier alpha value is -1.46. The van der Waals surface area contributed by atoms with E-state index in [0.29, 0.717) is 42.5 Å². The minimum absolute atomic E-state index is 0.0220. The molecule has 0 aliphatic carbocycles. The first-order chi connectivity index (χ1) is 10.5. The molecule has 1 aromatic rings. The van der Waals surface area contributed by atoms with E-state index in [1.54, 1.807) is 23.1 Å². The molecule has 1 aromatic carbocycles. The second-order valence-electron chi connectivity index (χ2n) is 5.34. The van der Waals surface area contributed by atoms with Crippen molar-refractivity contribution in [1.82, 2.24) is 15.5 Å². The monoisotopic (exact) mass is 343 g/mol. The lowest BCUT2D eigenvalue weighted by atomic mass is 10.1. The maximum atomic E-state index is 12.2. The molecule has 0 aromatic heterocycles. The topological polar surface area (TPSA) is 61.4 Å². The zero-order valence-corrected chi connectivity index (χ0v) is 13.9. The van der Waals surface area contributed by atoms with Crippen molar-refractivity contribution < 1.29 is 9.59 Å². The minimum atomic E-state index is -0.174. The Morgan fingerprint density at radius 3 is 2.73 bits per heavy atom. The molecule has 0 bridgehead atoms. The highest BCUT2D eigenvalue weighted by molar-refractivity contribution is 6.36. The Kier molecular flexibility index (Phi) is 5.91. The first-order valence-corrected chi connectivity index (χ1v) is 7.98. The zero-order chi connectivity index (χ0) is 16.1. The molecular formula is C15H19Cl2N3O2. The van der Waals surface area contributed by atoms with Crippen LogP contribution in [0.25, 0.3) is 0 Å². The molecule has 0 radical (unpaired) electrons. The number of hydrogen-bond donors (Lipinski definition) is 2. The van der Waals surface area contributed by atoms with Gasteiger partial charge in [0.05, 0.1) is 0 Å². The lowest BCUT2D eigenvalue weighted by Crippen LogP contribution is -2.45. The summed E-state index contributed by atoms with van der Waals surface area (Å²) in [7, 11) is 0. The van der Waals surface area contributed by atoms with E-state index >= 15 is 0 Å². The van der Waals surface area contributed by atoms with Crippen molar-refractivity contribution in [2.45, 2.75) is 25.8 Å². The van der Waals surface area contributed by atoms with Crippen LogP contribution in [0, 0.1) is 0 Å².